The number of hydrogen-bond donors (Lipinski definition) is 7. The molecule has 0 heterocycles. The van der Waals surface area contributed by atoms with E-state index in [1.54, 1.807) is 0 Å². The van der Waals surface area contributed by atoms with Gasteiger partial charge in [-0.2, -0.15) is 0 Å². The molecule has 24 heavy (non-hydrogen) atoms. The van der Waals surface area contributed by atoms with Crippen molar-refractivity contribution in [2.75, 3.05) is 0 Å². The van der Waals surface area contributed by atoms with Gasteiger partial charge in [-0.05, 0) is 23.8 Å². The van der Waals surface area contributed by atoms with Crippen LogP contribution in [0.2, 0.25) is 0 Å². The van der Waals surface area contributed by atoms with Crippen molar-refractivity contribution in [2.24, 2.45) is 0 Å². The van der Waals surface area contributed by atoms with Crippen LogP contribution in [0.15, 0.2) is 36.4 Å². The molecule has 0 amide bonds. The van der Waals surface area contributed by atoms with Crippen molar-refractivity contribution in [3.8, 4) is 17.2 Å². The number of phenolic OH excluding ortho intramolecular Hbond substituents is 3. The monoisotopic (exact) mass is 356 g/mol. The predicted molar refractivity (Wildman–Crippen MR) is 84.1 cm³/mol. The Labute approximate surface area is 137 Å². The van der Waals surface area contributed by atoms with Gasteiger partial charge in [0.05, 0.1) is 10.9 Å². The zero-order chi connectivity index (χ0) is 18.3. The quantitative estimate of drug-likeness (QED) is 0.309. The van der Waals surface area contributed by atoms with Gasteiger partial charge in [0.2, 0.25) is 5.79 Å². The molecule has 1 atom stereocenters. The lowest BCUT2D eigenvalue weighted by Gasteiger charge is -2.31. The summed E-state index contributed by atoms with van der Waals surface area (Å²) in [6.07, 6.45) is 0. The van der Waals surface area contributed by atoms with E-state index in [0.717, 1.165) is 6.07 Å². The molecule has 0 fully saturated rings. The van der Waals surface area contributed by atoms with Gasteiger partial charge >= 0.3 is 7.60 Å². The maximum atomic E-state index is 11.6. The van der Waals surface area contributed by atoms with E-state index in [1.165, 1.54) is 31.2 Å². The first-order chi connectivity index (χ1) is 10.9. The molecule has 0 saturated carbocycles. The highest BCUT2D eigenvalue weighted by molar-refractivity contribution is 7.60. The lowest BCUT2D eigenvalue weighted by Crippen LogP contribution is -2.36. The Morgan fingerprint density at radius 1 is 0.958 bits per heavy atom. The highest BCUT2D eigenvalue weighted by Gasteiger charge is 2.42. The van der Waals surface area contributed by atoms with Gasteiger partial charge in [0.15, 0.2) is 0 Å². The molecule has 0 aromatic heterocycles. The van der Waals surface area contributed by atoms with Crippen LogP contribution >= 0.6 is 7.60 Å². The third-order valence-electron chi connectivity index (χ3n) is 3.76. The van der Waals surface area contributed by atoms with E-state index >= 15 is 0 Å². The van der Waals surface area contributed by atoms with E-state index in [9.17, 15) is 39.9 Å². The van der Waals surface area contributed by atoms with Crippen LogP contribution in [0.4, 0.5) is 0 Å². The predicted octanol–water partition coefficient (Wildman–Crippen LogP) is 0.547. The maximum Gasteiger partial charge on any atom is 0.356 e. The number of phenols is 3. The number of aliphatic hydroxyl groups is 2. The van der Waals surface area contributed by atoms with E-state index in [2.05, 4.69) is 0 Å². The molecular weight excluding hydrogens is 339 g/mol. The Morgan fingerprint density at radius 3 is 2.00 bits per heavy atom. The molecule has 0 radical (unpaired) electrons. The zero-order valence-corrected chi connectivity index (χ0v) is 13.4. The van der Waals surface area contributed by atoms with E-state index in [4.69, 9.17) is 0 Å². The van der Waals surface area contributed by atoms with Gasteiger partial charge in [-0.25, -0.2) is 0 Å². The second kappa shape index (κ2) is 6.08. The van der Waals surface area contributed by atoms with Crippen LogP contribution in [0.25, 0.3) is 0 Å². The SMILES string of the molecule is CC(c1ccc(O)cc1)C(O)(O)c1c(O)cc(O)cc1P(=O)(O)O. The molecular formula is C15H17O8P. The van der Waals surface area contributed by atoms with Gasteiger partial charge in [0, 0.05) is 12.0 Å². The molecule has 9 heteroatoms. The molecule has 0 saturated heterocycles. The fourth-order valence-corrected chi connectivity index (χ4v) is 3.29. The van der Waals surface area contributed by atoms with Gasteiger partial charge in [-0.1, -0.05) is 19.1 Å². The van der Waals surface area contributed by atoms with Gasteiger partial charge < -0.3 is 35.3 Å². The first-order valence-electron chi connectivity index (χ1n) is 6.80. The van der Waals surface area contributed by atoms with Crippen LogP contribution in [0.1, 0.15) is 24.0 Å². The Morgan fingerprint density at radius 2 is 1.50 bits per heavy atom. The smallest absolute Gasteiger partial charge is 0.356 e. The standard InChI is InChI=1S/C15H17O8P/c1-8(9-2-4-10(16)5-3-9)15(19,20)14-12(18)6-11(17)7-13(14)24(21,22)23/h2-8,16-20H,1H3,(H2,21,22,23). The Balaban J connectivity index is 2.64. The largest absolute Gasteiger partial charge is 0.508 e. The lowest BCUT2D eigenvalue weighted by molar-refractivity contribution is -0.185. The number of rotatable bonds is 4. The molecule has 7 N–H and O–H groups in total. The zero-order valence-electron chi connectivity index (χ0n) is 12.5. The summed E-state index contributed by atoms with van der Waals surface area (Å²) < 4.78 is 11.6. The number of hydrogen-bond acceptors (Lipinski definition) is 6. The van der Waals surface area contributed by atoms with Crippen molar-refractivity contribution in [2.45, 2.75) is 18.6 Å². The minimum absolute atomic E-state index is 0.0455. The second-order valence-corrected chi connectivity index (χ2v) is 7.01. The summed E-state index contributed by atoms with van der Waals surface area (Å²) in [6.45, 7) is 1.36. The van der Waals surface area contributed by atoms with Gasteiger partial charge in [-0.15, -0.1) is 0 Å². The van der Waals surface area contributed by atoms with Crippen LogP contribution in [-0.4, -0.2) is 35.3 Å². The van der Waals surface area contributed by atoms with Crippen molar-refractivity contribution in [3.05, 3.63) is 47.5 Å². The molecule has 2 aromatic carbocycles. The molecule has 2 aromatic rings. The first kappa shape index (κ1) is 18.3. The summed E-state index contributed by atoms with van der Waals surface area (Å²) in [5.74, 6) is -5.54. The number of aromatic hydroxyl groups is 3. The van der Waals surface area contributed by atoms with Gasteiger partial charge in [0.1, 0.15) is 17.2 Å². The fraction of sp³-hybridized carbons (Fsp3) is 0.200. The Hall–Kier alpha value is -2.09. The summed E-state index contributed by atoms with van der Waals surface area (Å²) >= 11 is 0. The van der Waals surface area contributed by atoms with Crippen LogP contribution in [0.3, 0.4) is 0 Å². The van der Waals surface area contributed by atoms with Crippen LogP contribution < -0.4 is 5.30 Å². The molecule has 1 unspecified atom stereocenters. The summed E-state index contributed by atoms with van der Waals surface area (Å²) in [6, 6.07) is 6.83. The van der Waals surface area contributed by atoms with E-state index in [0.29, 0.717) is 11.6 Å². The van der Waals surface area contributed by atoms with E-state index < -0.39 is 41.7 Å². The second-order valence-electron chi connectivity index (χ2n) is 5.44. The Bertz CT molecular complexity index is 794. The van der Waals surface area contributed by atoms with Crippen LogP contribution in [-0.2, 0) is 10.4 Å². The Kier molecular flexibility index (Phi) is 4.63. The fourth-order valence-electron chi connectivity index (χ4n) is 2.42. The highest BCUT2D eigenvalue weighted by Crippen LogP contribution is 2.45. The summed E-state index contributed by atoms with van der Waals surface area (Å²) in [7, 11) is -5.03. The van der Waals surface area contributed by atoms with Crippen molar-refractivity contribution >= 4 is 12.9 Å². The summed E-state index contributed by atoms with van der Waals surface area (Å²) in [5.41, 5.74) is -0.462. The maximum absolute atomic E-state index is 11.6. The number of benzene rings is 2. The summed E-state index contributed by atoms with van der Waals surface area (Å²) in [4.78, 5) is 18.8. The lowest BCUT2D eigenvalue weighted by atomic mass is 9.87. The minimum Gasteiger partial charge on any atom is -0.508 e. The van der Waals surface area contributed by atoms with Crippen molar-refractivity contribution in [3.63, 3.8) is 0 Å². The molecule has 130 valence electrons. The topological polar surface area (TPSA) is 159 Å². The molecule has 0 aliphatic carbocycles. The molecule has 0 aliphatic heterocycles. The molecule has 0 bridgehead atoms. The molecule has 8 nitrogen and oxygen atoms in total. The van der Waals surface area contributed by atoms with Crippen molar-refractivity contribution < 1.29 is 39.9 Å². The molecule has 0 aliphatic rings. The highest BCUT2D eigenvalue weighted by atomic mass is 31.2. The van der Waals surface area contributed by atoms with E-state index in [-0.39, 0.29) is 5.75 Å². The first-order valence-corrected chi connectivity index (χ1v) is 8.42. The molecule has 0 spiro atoms. The summed E-state index contributed by atoms with van der Waals surface area (Å²) in [5, 5.41) is 48.8. The third-order valence-corrected chi connectivity index (χ3v) is 4.74. The minimum atomic E-state index is -5.03. The normalized spacial score (nSPS) is 13.7. The van der Waals surface area contributed by atoms with Gasteiger partial charge in [0.25, 0.3) is 0 Å². The third kappa shape index (κ3) is 3.38. The average Bonchev–Trinajstić information content (AvgIpc) is 2.45. The van der Waals surface area contributed by atoms with Crippen molar-refractivity contribution in [1.82, 2.24) is 0 Å². The molecule has 2 rings (SSSR count). The average molecular weight is 356 g/mol. The van der Waals surface area contributed by atoms with Crippen molar-refractivity contribution in [1.29, 1.82) is 0 Å². The van der Waals surface area contributed by atoms with Gasteiger partial charge in [-0.3, -0.25) is 4.57 Å². The van der Waals surface area contributed by atoms with Crippen LogP contribution in [0, 0.1) is 0 Å². The van der Waals surface area contributed by atoms with E-state index in [1.807, 2.05) is 0 Å². The van der Waals surface area contributed by atoms with Crippen LogP contribution in [0.5, 0.6) is 17.2 Å².